The number of hydrogen-bond acceptors (Lipinski definition) is 6. The molecule has 0 spiro atoms. The molecule has 2 saturated heterocycles. The highest BCUT2D eigenvalue weighted by atomic mass is 19.1. The third-order valence-electron chi connectivity index (χ3n) is 5.66. The molecule has 3 amide bonds. The second-order valence-electron chi connectivity index (χ2n) is 8.49. The van der Waals surface area contributed by atoms with Gasteiger partial charge >= 0.3 is 6.03 Å². The van der Waals surface area contributed by atoms with Crippen LogP contribution in [0.4, 0.5) is 9.18 Å². The van der Waals surface area contributed by atoms with Gasteiger partial charge in [0.25, 0.3) is 5.91 Å². The average molecular weight is 426 g/mol. The quantitative estimate of drug-likeness (QED) is 0.727. The van der Waals surface area contributed by atoms with Crippen LogP contribution in [0.3, 0.4) is 0 Å². The van der Waals surface area contributed by atoms with Crippen molar-refractivity contribution in [2.45, 2.75) is 32.3 Å². The van der Waals surface area contributed by atoms with Gasteiger partial charge < -0.3 is 4.90 Å². The summed E-state index contributed by atoms with van der Waals surface area (Å²) < 4.78 is 13.4. The Morgan fingerprint density at radius 3 is 2.42 bits per heavy atom. The minimum Gasteiger partial charge on any atom is -0.310 e. The van der Waals surface area contributed by atoms with Gasteiger partial charge in [-0.2, -0.15) is 5.10 Å². The van der Waals surface area contributed by atoms with Crippen molar-refractivity contribution in [1.29, 1.82) is 0 Å². The Labute approximate surface area is 181 Å². The van der Waals surface area contributed by atoms with Crippen LogP contribution in [0.25, 0.3) is 0 Å². The first kappa shape index (κ1) is 21.2. The Bertz CT molecular complexity index is 975. The normalized spacial score (nSPS) is 26.0. The number of carbonyl (C=O) groups is 2. The van der Waals surface area contributed by atoms with Crippen molar-refractivity contribution in [3.63, 3.8) is 0 Å². The molecule has 0 radical (unpaired) electrons. The fourth-order valence-corrected chi connectivity index (χ4v) is 4.30. The van der Waals surface area contributed by atoms with Gasteiger partial charge in [-0.1, -0.05) is 36.4 Å². The molecule has 0 bridgehead atoms. The summed E-state index contributed by atoms with van der Waals surface area (Å²) >= 11 is 0. The van der Waals surface area contributed by atoms with Crippen molar-refractivity contribution < 1.29 is 14.0 Å². The molecule has 3 aliphatic heterocycles. The minimum atomic E-state index is -0.578. The third-order valence-corrected chi connectivity index (χ3v) is 5.66. The molecular weight excluding hydrogens is 399 g/mol. The van der Waals surface area contributed by atoms with E-state index >= 15 is 0 Å². The molecule has 2 fully saturated rings. The summed E-state index contributed by atoms with van der Waals surface area (Å²) in [6, 6.07) is 5.22. The fourth-order valence-electron chi connectivity index (χ4n) is 4.30. The predicted molar refractivity (Wildman–Crippen MR) is 115 cm³/mol. The van der Waals surface area contributed by atoms with Crippen LogP contribution >= 0.6 is 0 Å². The molecule has 164 valence electrons. The third kappa shape index (κ3) is 3.75. The van der Waals surface area contributed by atoms with Crippen LogP contribution in [0, 0.1) is 5.82 Å². The van der Waals surface area contributed by atoms with Gasteiger partial charge in [0, 0.05) is 13.6 Å². The Hall–Kier alpha value is -3.04. The number of fused-ring (bicyclic) bond motifs is 3. The Balaban J connectivity index is 1.71. The predicted octanol–water partition coefficient (Wildman–Crippen LogP) is 1.78. The van der Waals surface area contributed by atoms with Crippen molar-refractivity contribution in [2.75, 3.05) is 26.7 Å². The van der Waals surface area contributed by atoms with E-state index in [1.807, 2.05) is 16.8 Å². The number of hydrogen-bond donors (Lipinski definition) is 1. The molecule has 1 aromatic carbocycles. The van der Waals surface area contributed by atoms with Crippen molar-refractivity contribution in [3.05, 3.63) is 60.0 Å². The summed E-state index contributed by atoms with van der Waals surface area (Å²) in [6.45, 7) is 12.6. The number of hydrazone groups is 1. The number of imide groups is 1. The lowest BCUT2D eigenvalue weighted by Crippen LogP contribution is -2.66. The maximum atomic E-state index is 13.4. The van der Waals surface area contributed by atoms with Crippen LogP contribution in [0.5, 0.6) is 0 Å². The van der Waals surface area contributed by atoms with Gasteiger partial charge in [0.2, 0.25) is 0 Å². The first-order valence-corrected chi connectivity index (χ1v) is 10.2. The van der Waals surface area contributed by atoms with Crippen molar-refractivity contribution >= 4 is 17.6 Å². The van der Waals surface area contributed by atoms with E-state index in [0.29, 0.717) is 13.1 Å². The van der Waals surface area contributed by atoms with Gasteiger partial charge in [0.15, 0.2) is 6.29 Å². The highest BCUT2D eigenvalue weighted by molar-refractivity contribution is 6.04. The van der Waals surface area contributed by atoms with E-state index in [-0.39, 0.29) is 30.6 Å². The lowest BCUT2D eigenvalue weighted by atomic mass is 10.1. The van der Waals surface area contributed by atoms with Gasteiger partial charge in [-0.15, -0.1) is 0 Å². The van der Waals surface area contributed by atoms with E-state index in [2.05, 4.69) is 18.5 Å². The summed E-state index contributed by atoms with van der Waals surface area (Å²) in [5.41, 5.74) is 3.13. The lowest BCUT2D eigenvalue weighted by molar-refractivity contribution is -0.138. The summed E-state index contributed by atoms with van der Waals surface area (Å²) in [5.74, 6) is -0.584. The van der Waals surface area contributed by atoms with Crippen LogP contribution in [0.1, 0.15) is 19.4 Å². The van der Waals surface area contributed by atoms with Crippen LogP contribution in [-0.4, -0.2) is 82.5 Å². The number of urea groups is 1. The van der Waals surface area contributed by atoms with Crippen molar-refractivity contribution in [3.8, 4) is 0 Å². The summed E-state index contributed by atoms with van der Waals surface area (Å²) in [6.07, 6.45) is -0.860. The molecule has 3 unspecified atom stereocenters. The monoisotopic (exact) mass is 426 g/mol. The largest absolute Gasteiger partial charge is 0.328 e. The Morgan fingerprint density at radius 2 is 1.81 bits per heavy atom. The molecule has 8 nitrogen and oxygen atoms in total. The molecule has 1 aromatic rings. The van der Waals surface area contributed by atoms with E-state index in [9.17, 15) is 14.0 Å². The number of nitrogens with zero attached hydrogens (tertiary/aromatic N) is 5. The summed E-state index contributed by atoms with van der Waals surface area (Å²) in [7, 11) is 1.69. The van der Waals surface area contributed by atoms with E-state index in [0.717, 1.165) is 22.4 Å². The molecule has 3 heterocycles. The van der Waals surface area contributed by atoms with Crippen molar-refractivity contribution in [1.82, 2.24) is 25.0 Å². The molecule has 1 N–H and O–H groups in total. The molecule has 0 aliphatic carbocycles. The maximum absolute atomic E-state index is 13.4. The first-order chi connectivity index (χ1) is 14.7. The smallest absolute Gasteiger partial charge is 0.310 e. The number of carbonyl (C=O) groups excluding carboxylic acids is 2. The average Bonchev–Trinajstić information content (AvgIpc) is 3.09. The molecule has 0 aromatic heterocycles. The zero-order chi connectivity index (χ0) is 22.4. The Morgan fingerprint density at radius 1 is 1.16 bits per heavy atom. The van der Waals surface area contributed by atoms with E-state index < -0.39 is 12.2 Å². The summed E-state index contributed by atoms with van der Waals surface area (Å²) in [4.78, 5) is 31.1. The summed E-state index contributed by atoms with van der Waals surface area (Å²) in [5, 5.41) is 10.0. The standard InChI is InChI=1S/C22H27FN6O2/c1-13(2)10-28-20(30)18-19(26(5)22(28)31)24-21-27(18)12-17(25-29(21)11-14(3)4)15-6-8-16(23)9-7-15/h6-9,18-19,21,24H,1,3,10-12H2,2,4-5H3. The second-order valence-corrected chi connectivity index (χ2v) is 8.49. The number of nitrogens with one attached hydrogen (secondary N) is 1. The van der Waals surface area contributed by atoms with Gasteiger partial charge in [-0.05, 0) is 31.5 Å². The minimum absolute atomic E-state index is 0.179. The second kappa shape index (κ2) is 7.90. The van der Waals surface area contributed by atoms with Gasteiger partial charge in [-0.25, -0.2) is 14.1 Å². The molecule has 31 heavy (non-hydrogen) atoms. The SMILES string of the molecule is C=C(C)CN1C(=O)C2C(NC3N(CC(=C)C)N=C(c4ccc(F)cc4)CN23)N(C)C1=O. The Kier molecular flexibility index (Phi) is 5.40. The highest BCUT2D eigenvalue weighted by Crippen LogP contribution is 2.31. The van der Waals surface area contributed by atoms with E-state index in [4.69, 9.17) is 5.10 Å². The maximum Gasteiger partial charge on any atom is 0.328 e. The number of benzene rings is 1. The first-order valence-electron chi connectivity index (χ1n) is 10.2. The number of amides is 3. The van der Waals surface area contributed by atoms with Gasteiger partial charge in [0.05, 0.1) is 18.8 Å². The highest BCUT2D eigenvalue weighted by Gasteiger charge is 2.56. The van der Waals surface area contributed by atoms with Crippen LogP contribution in [0.15, 0.2) is 53.7 Å². The number of likely N-dealkylation sites (N-methyl/N-ethyl adjacent to an activating group) is 1. The fraction of sp³-hybridized carbons (Fsp3) is 0.409. The molecular formula is C22H27FN6O2. The number of rotatable bonds is 5. The van der Waals surface area contributed by atoms with E-state index in [1.54, 1.807) is 31.0 Å². The van der Waals surface area contributed by atoms with Gasteiger partial charge in [-0.3, -0.25) is 20.0 Å². The molecule has 9 heteroatoms. The van der Waals surface area contributed by atoms with Crippen LogP contribution in [-0.2, 0) is 4.79 Å². The topological polar surface area (TPSA) is 71.5 Å². The lowest BCUT2D eigenvalue weighted by Gasteiger charge is -2.42. The van der Waals surface area contributed by atoms with Crippen LogP contribution in [0.2, 0.25) is 0 Å². The number of halogens is 1. The zero-order valence-electron chi connectivity index (χ0n) is 18.0. The zero-order valence-corrected chi connectivity index (χ0v) is 18.0. The van der Waals surface area contributed by atoms with E-state index in [1.165, 1.54) is 17.0 Å². The van der Waals surface area contributed by atoms with Crippen molar-refractivity contribution in [2.24, 2.45) is 5.10 Å². The molecule has 3 atom stereocenters. The van der Waals surface area contributed by atoms with Gasteiger partial charge in [0.1, 0.15) is 18.0 Å². The molecule has 0 saturated carbocycles. The molecule has 4 rings (SSSR count). The molecule has 3 aliphatic rings. The van der Waals surface area contributed by atoms with Crippen LogP contribution < -0.4 is 5.32 Å².